The van der Waals surface area contributed by atoms with Crippen LogP contribution < -0.4 is 16.0 Å². The zero-order valence-corrected chi connectivity index (χ0v) is 20.4. The summed E-state index contributed by atoms with van der Waals surface area (Å²) in [4.78, 5) is 37.8. The topological polar surface area (TPSA) is 146 Å². The molecule has 1 atom stereocenters. The zero-order valence-electron chi connectivity index (χ0n) is 20.4. The summed E-state index contributed by atoms with van der Waals surface area (Å²) in [5, 5.41) is 18.0. The van der Waals surface area contributed by atoms with Gasteiger partial charge in [0.1, 0.15) is 23.2 Å². The molecule has 2 heterocycles. The summed E-state index contributed by atoms with van der Waals surface area (Å²) in [6, 6.07) is 10.0. The maximum absolute atomic E-state index is 13.5. The van der Waals surface area contributed by atoms with Crippen LogP contribution >= 0.6 is 0 Å². The average Bonchev–Trinajstić information content (AvgIpc) is 3.29. The molecule has 37 heavy (non-hydrogen) atoms. The molecule has 0 fully saturated rings. The predicted octanol–water partition coefficient (Wildman–Crippen LogP) is 4.93. The van der Waals surface area contributed by atoms with E-state index in [1.54, 1.807) is 36.5 Å². The highest BCUT2D eigenvalue weighted by molar-refractivity contribution is 5.97. The molecule has 192 valence electrons. The van der Waals surface area contributed by atoms with Crippen molar-refractivity contribution in [3.05, 3.63) is 54.5 Å². The van der Waals surface area contributed by atoms with Gasteiger partial charge >= 0.3 is 6.09 Å². The van der Waals surface area contributed by atoms with Crippen molar-refractivity contribution in [1.29, 1.82) is 0 Å². The van der Waals surface area contributed by atoms with E-state index in [2.05, 4.69) is 30.9 Å². The molecular weight excluding hydrogens is 481 g/mol. The molecule has 2 aromatic heterocycles. The van der Waals surface area contributed by atoms with E-state index in [-0.39, 0.29) is 17.7 Å². The van der Waals surface area contributed by atoms with Crippen molar-refractivity contribution in [2.75, 3.05) is 29.5 Å². The molecule has 12 heteroatoms. The highest BCUT2D eigenvalue weighted by Gasteiger charge is 2.22. The van der Waals surface area contributed by atoms with Crippen LogP contribution in [0.25, 0.3) is 22.6 Å². The van der Waals surface area contributed by atoms with Gasteiger partial charge in [0, 0.05) is 37.2 Å². The van der Waals surface area contributed by atoms with E-state index in [4.69, 9.17) is 9.52 Å². The lowest BCUT2D eigenvalue weighted by Crippen LogP contribution is -2.42. The van der Waals surface area contributed by atoms with Crippen molar-refractivity contribution in [3.8, 4) is 11.5 Å². The Morgan fingerprint density at radius 3 is 2.70 bits per heavy atom. The summed E-state index contributed by atoms with van der Waals surface area (Å²) in [5.41, 5.74) is 2.43. The van der Waals surface area contributed by atoms with Gasteiger partial charge in [-0.25, -0.2) is 19.2 Å². The van der Waals surface area contributed by atoms with Gasteiger partial charge in [0.25, 0.3) is 0 Å². The molecule has 0 saturated carbocycles. The predicted molar refractivity (Wildman–Crippen MR) is 137 cm³/mol. The number of nitrogens with one attached hydrogen (secondary N) is 3. The number of carbonyl (C=O) groups is 2. The summed E-state index contributed by atoms with van der Waals surface area (Å²) in [5.74, 6) is 0.172. The number of carboxylic acid groups (broad SMARTS) is 1. The fraction of sp³-hybridized carbons (Fsp3) is 0.240. The number of fused-ring (bicyclic) bond motifs is 1. The van der Waals surface area contributed by atoms with Crippen LogP contribution in [-0.4, -0.2) is 56.6 Å². The summed E-state index contributed by atoms with van der Waals surface area (Å²) in [6.45, 7) is 4.15. The lowest BCUT2D eigenvalue weighted by atomic mass is 10.2. The van der Waals surface area contributed by atoms with Gasteiger partial charge in [-0.3, -0.25) is 9.69 Å². The number of carbonyl (C=O) groups excluding carboxylic acids is 1. The fourth-order valence-electron chi connectivity index (χ4n) is 3.38. The summed E-state index contributed by atoms with van der Waals surface area (Å²) >= 11 is 0. The SMILES string of the molecule is CCCNc1nc(Nc2cccc(F)c2)ncc1-c1nc2ccc(NC(=O)C(C)N(C)C(=O)O)cc2o1. The summed E-state index contributed by atoms with van der Waals surface area (Å²) in [6.07, 6.45) is 1.20. The van der Waals surface area contributed by atoms with Gasteiger partial charge in [0.05, 0.1) is 5.56 Å². The molecule has 4 rings (SSSR count). The van der Waals surface area contributed by atoms with Gasteiger partial charge in [-0.2, -0.15) is 4.98 Å². The van der Waals surface area contributed by atoms with Gasteiger partial charge < -0.3 is 25.5 Å². The molecule has 0 saturated heterocycles. The molecule has 1 unspecified atom stereocenters. The Hall–Kier alpha value is -4.74. The van der Waals surface area contributed by atoms with E-state index < -0.39 is 18.0 Å². The minimum atomic E-state index is -1.20. The fourth-order valence-corrected chi connectivity index (χ4v) is 3.38. The van der Waals surface area contributed by atoms with Gasteiger partial charge in [-0.05, 0) is 43.7 Å². The third-order valence-electron chi connectivity index (χ3n) is 5.56. The smallest absolute Gasteiger partial charge is 0.407 e. The number of aromatic nitrogens is 3. The third kappa shape index (κ3) is 5.92. The van der Waals surface area contributed by atoms with E-state index in [1.807, 2.05) is 6.92 Å². The van der Waals surface area contributed by atoms with Crippen molar-refractivity contribution >= 4 is 46.2 Å². The maximum atomic E-state index is 13.5. The first kappa shape index (κ1) is 25.4. The monoisotopic (exact) mass is 507 g/mol. The Balaban J connectivity index is 1.60. The van der Waals surface area contributed by atoms with Gasteiger partial charge in [0.15, 0.2) is 5.58 Å². The lowest BCUT2D eigenvalue weighted by molar-refractivity contribution is -0.119. The molecule has 0 bridgehead atoms. The van der Waals surface area contributed by atoms with Gasteiger partial charge in [-0.15, -0.1) is 0 Å². The number of likely N-dealkylation sites (N-methyl/N-ethyl adjacent to an activating group) is 1. The van der Waals surface area contributed by atoms with Crippen molar-refractivity contribution in [2.24, 2.45) is 0 Å². The number of benzene rings is 2. The van der Waals surface area contributed by atoms with E-state index in [1.165, 1.54) is 26.1 Å². The first-order valence-electron chi connectivity index (χ1n) is 11.6. The largest absolute Gasteiger partial charge is 0.465 e. The first-order chi connectivity index (χ1) is 17.7. The molecule has 0 spiro atoms. The second kappa shape index (κ2) is 10.9. The number of halogens is 1. The molecule has 0 aliphatic heterocycles. The first-order valence-corrected chi connectivity index (χ1v) is 11.6. The number of hydrogen-bond donors (Lipinski definition) is 4. The summed E-state index contributed by atoms with van der Waals surface area (Å²) < 4.78 is 19.5. The molecule has 0 aliphatic carbocycles. The zero-order chi connectivity index (χ0) is 26.5. The van der Waals surface area contributed by atoms with Crippen molar-refractivity contribution in [2.45, 2.75) is 26.3 Å². The molecule has 2 amide bonds. The Morgan fingerprint density at radius 1 is 1.16 bits per heavy atom. The molecule has 0 aliphatic rings. The summed E-state index contributed by atoms with van der Waals surface area (Å²) in [7, 11) is 1.32. The normalized spacial score (nSPS) is 11.7. The number of hydrogen-bond acceptors (Lipinski definition) is 8. The number of oxazole rings is 1. The van der Waals surface area contributed by atoms with E-state index in [9.17, 15) is 14.0 Å². The van der Waals surface area contributed by atoms with Crippen LogP contribution in [0.15, 0.2) is 53.1 Å². The van der Waals surface area contributed by atoms with Crippen LogP contribution in [0.3, 0.4) is 0 Å². The maximum Gasteiger partial charge on any atom is 0.407 e. The molecule has 0 radical (unpaired) electrons. The highest BCUT2D eigenvalue weighted by Crippen LogP contribution is 2.31. The third-order valence-corrected chi connectivity index (χ3v) is 5.56. The molecule has 2 aromatic carbocycles. The molecular formula is C25H26FN7O4. The van der Waals surface area contributed by atoms with Crippen LogP contribution in [0.1, 0.15) is 20.3 Å². The molecule has 4 N–H and O–H groups in total. The van der Waals surface area contributed by atoms with Crippen molar-refractivity contribution in [1.82, 2.24) is 19.9 Å². The van der Waals surface area contributed by atoms with E-state index in [0.717, 1.165) is 11.3 Å². The van der Waals surface area contributed by atoms with Crippen LogP contribution in [0.4, 0.5) is 32.3 Å². The number of nitrogens with zero attached hydrogens (tertiary/aromatic N) is 4. The number of anilines is 4. The Labute approximate surface area is 211 Å². The second-order valence-corrected chi connectivity index (χ2v) is 8.28. The van der Waals surface area contributed by atoms with E-state index >= 15 is 0 Å². The van der Waals surface area contributed by atoms with Gasteiger partial charge in [-0.1, -0.05) is 13.0 Å². The molecule has 11 nitrogen and oxygen atoms in total. The Kier molecular flexibility index (Phi) is 7.47. The lowest BCUT2D eigenvalue weighted by Gasteiger charge is -2.20. The van der Waals surface area contributed by atoms with Crippen molar-refractivity contribution in [3.63, 3.8) is 0 Å². The Bertz CT molecular complexity index is 1440. The number of amides is 2. The quantitative estimate of drug-likeness (QED) is 0.248. The minimum absolute atomic E-state index is 0.272. The average molecular weight is 508 g/mol. The standard InChI is InChI=1S/C25H26FN7O4/c1-4-10-27-21-18(13-28-24(32-21)30-16-7-5-6-15(26)11-16)23-31-19-9-8-17(12-20(19)37-23)29-22(34)14(2)33(3)25(35)36/h5-9,11-14H,4,10H2,1-3H3,(H,29,34)(H,35,36)(H2,27,28,30,32). The highest BCUT2D eigenvalue weighted by atomic mass is 19.1. The number of rotatable bonds is 9. The Morgan fingerprint density at radius 2 is 1.97 bits per heavy atom. The molecule has 4 aromatic rings. The van der Waals surface area contributed by atoms with Crippen molar-refractivity contribution < 1.29 is 23.5 Å². The minimum Gasteiger partial charge on any atom is -0.465 e. The van der Waals surface area contributed by atoms with Crippen LogP contribution in [-0.2, 0) is 4.79 Å². The van der Waals surface area contributed by atoms with Crippen LogP contribution in [0.2, 0.25) is 0 Å². The van der Waals surface area contributed by atoms with Crippen LogP contribution in [0, 0.1) is 5.82 Å². The van der Waals surface area contributed by atoms with E-state index in [0.29, 0.717) is 40.4 Å². The second-order valence-electron chi connectivity index (χ2n) is 8.28. The van der Waals surface area contributed by atoms with Gasteiger partial charge in [0.2, 0.25) is 17.7 Å². The van der Waals surface area contributed by atoms with Crippen LogP contribution in [0.5, 0.6) is 0 Å².